The zero-order valence-corrected chi connectivity index (χ0v) is 20.6. The molecule has 0 amide bonds. The number of rotatable bonds is 8. The molecule has 0 bridgehead atoms. The van der Waals surface area contributed by atoms with Crippen molar-refractivity contribution in [2.75, 3.05) is 0 Å². The van der Waals surface area contributed by atoms with E-state index in [1.54, 1.807) is 6.07 Å². The fourth-order valence-electron chi connectivity index (χ4n) is 3.61. The number of ketones is 1. The summed E-state index contributed by atoms with van der Waals surface area (Å²) in [6.45, 7) is -0.593. The van der Waals surface area contributed by atoms with Crippen molar-refractivity contribution in [3.63, 3.8) is 0 Å². The quantitative estimate of drug-likeness (QED) is 0.228. The van der Waals surface area contributed by atoms with Crippen LogP contribution in [0, 0.1) is 0 Å². The summed E-state index contributed by atoms with van der Waals surface area (Å²) in [5.41, 5.74) is -5.31. The van der Waals surface area contributed by atoms with Crippen LogP contribution in [0.4, 0.5) is 22.0 Å². The third kappa shape index (κ3) is 6.24. The Morgan fingerprint density at radius 2 is 1.75 bits per heavy atom. The molecule has 0 saturated carbocycles. The molecule has 9 nitrogen and oxygen atoms in total. The van der Waals surface area contributed by atoms with Gasteiger partial charge in [0.2, 0.25) is 5.75 Å². The van der Waals surface area contributed by atoms with E-state index in [1.165, 1.54) is 24.3 Å². The van der Waals surface area contributed by atoms with Gasteiger partial charge in [0, 0.05) is 16.7 Å². The summed E-state index contributed by atoms with van der Waals surface area (Å²) in [7, 11) is 0. The third-order valence-electron chi connectivity index (χ3n) is 5.50. The summed E-state index contributed by atoms with van der Waals surface area (Å²) < 4.78 is 74.3. The van der Waals surface area contributed by atoms with Gasteiger partial charge in [0.1, 0.15) is 17.0 Å². The van der Waals surface area contributed by atoms with E-state index in [0.717, 1.165) is 18.2 Å². The molecule has 1 unspecified atom stereocenters. The first-order valence-corrected chi connectivity index (χ1v) is 11.5. The fourth-order valence-corrected chi connectivity index (χ4v) is 3.79. The number of H-pyrrole nitrogens is 1. The van der Waals surface area contributed by atoms with E-state index in [1.807, 2.05) is 5.10 Å². The molecule has 0 saturated heterocycles. The highest BCUT2D eigenvalue weighted by atomic mass is 35.5. The molecular formula is C25H16ClF5N4O5. The van der Waals surface area contributed by atoms with Gasteiger partial charge in [-0.15, -0.1) is 0 Å². The second kappa shape index (κ2) is 11.4. The molecule has 0 aliphatic heterocycles. The first-order valence-electron chi connectivity index (χ1n) is 11.1. The smallest absolute Gasteiger partial charge is 0.437 e. The van der Waals surface area contributed by atoms with Crippen LogP contribution in [0.15, 0.2) is 70.5 Å². The lowest BCUT2D eigenvalue weighted by Crippen LogP contribution is -2.28. The summed E-state index contributed by atoms with van der Waals surface area (Å²) in [5.74, 6) is -2.98. The van der Waals surface area contributed by atoms with Crippen LogP contribution in [0.5, 0.6) is 11.5 Å². The van der Waals surface area contributed by atoms with Gasteiger partial charge in [-0.3, -0.25) is 19.0 Å². The zero-order valence-electron chi connectivity index (χ0n) is 19.8. The van der Waals surface area contributed by atoms with Gasteiger partial charge in [0.15, 0.2) is 11.5 Å². The van der Waals surface area contributed by atoms with Crippen molar-refractivity contribution in [1.82, 2.24) is 19.7 Å². The predicted octanol–water partition coefficient (Wildman–Crippen LogP) is 4.69. The molecule has 0 fully saturated rings. The molecule has 2 heterocycles. The number of benzene rings is 2. The zero-order chi connectivity index (χ0) is 29.2. The molecule has 208 valence electrons. The van der Waals surface area contributed by atoms with Crippen LogP contribution in [0.3, 0.4) is 0 Å². The first kappa shape index (κ1) is 28.6. The number of aliphatic hydroxyl groups is 1. The van der Waals surface area contributed by atoms with E-state index in [9.17, 15) is 41.4 Å². The lowest BCUT2D eigenvalue weighted by atomic mass is 9.98. The molecule has 2 aromatic carbocycles. The Morgan fingerprint density at radius 3 is 2.40 bits per heavy atom. The van der Waals surface area contributed by atoms with Crippen LogP contribution in [0.25, 0.3) is 0 Å². The Hall–Kier alpha value is -4.43. The SMILES string of the molecule is O=C(c1ccccc1)C(O)c1cc(Oc2c(C(F)(F)F)ncn(Cc3cc(Cl)n[nH]c3=O)c2=O)cc(C(F)F)c1. The summed E-state index contributed by atoms with van der Waals surface area (Å²) in [6, 6.07) is 10.7. The summed E-state index contributed by atoms with van der Waals surface area (Å²) in [5, 5.41) is 15.9. The first-order chi connectivity index (χ1) is 18.8. The maximum absolute atomic E-state index is 13.7. The third-order valence-corrected chi connectivity index (χ3v) is 5.69. The van der Waals surface area contributed by atoms with Crippen LogP contribution in [-0.2, 0) is 12.7 Å². The topological polar surface area (TPSA) is 127 Å². The predicted molar refractivity (Wildman–Crippen MR) is 130 cm³/mol. The highest BCUT2D eigenvalue weighted by Crippen LogP contribution is 2.36. The normalized spacial score (nSPS) is 12.4. The number of aliphatic hydroxyl groups excluding tert-OH is 1. The van der Waals surface area contributed by atoms with Crippen LogP contribution in [-0.4, -0.2) is 30.6 Å². The Kier molecular flexibility index (Phi) is 8.11. The summed E-state index contributed by atoms with van der Waals surface area (Å²) in [4.78, 5) is 41.0. The molecule has 0 radical (unpaired) electrons. The number of aromatic nitrogens is 4. The van der Waals surface area contributed by atoms with Crippen LogP contribution in [0.2, 0.25) is 5.15 Å². The standard InChI is InChI=1S/C25H16ClF5N4O5/c26-17-9-15(23(38)34-33-17)10-35-11-32-21(25(29,30)31)20(24(35)39)40-16-7-13(6-14(8-16)22(27)28)19(37)18(36)12-4-2-1-3-5-12/h1-9,11,19,22,37H,10H2,(H,34,38). The lowest BCUT2D eigenvalue weighted by molar-refractivity contribution is -0.142. The number of carbonyl (C=O) groups excluding carboxylic acids is 1. The Labute approximate surface area is 225 Å². The van der Waals surface area contributed by atoms with E-state index >= 15 is 0 Å². The van der Waals surface area contributed by atoms with Gasteiger partial charge in [-0.2, -0.15) is 18.3 Å². The molecule has 4 aromatic rings. The minimum atomic E-state index is -5.21. The molecule has 1 atom stereocenters. The van der Waals surface area contributed by atoms with Gasteiger partial charge in [0.25, 0.3) is 17.5 Å². The van der Waals surface area contributed by atoms with Crippen molar-refractivity contribution in [2.24, 2.45) is 0 Å². The molecule has 40 heavy (non-hydrogen) atoms. The monoisotopic (exact) mass is 582 g/mol. The molecule has 15 heteroatoms. The lowest BCUT2D eigenvalue weighted by Gasteiger charge is -2.17. The Bertz CT molecular complexity index is 1680. The van der Waals surface area contributed by atoms with Crippen LogP contribution >= 0.6 is 11.6 Å². The number of alkyl halides is 5. The van der Waals surface area contributed by atoms with Crippen molar-refractivity contribution >= 4 is 17.4 Å². The number of nitrogens with one attached hydrogen (secondary N) is 1. The Balaban J connectivity index is 1.79. The summed E-state index contributed by atoms with van der Waals surface area (Å²) >= 11 is 5.73. The highest BCUT2D eigenvalue weighted by molar-refractivity contribution is 6.29. The minimum Gasteiger partial charge on any atom is -0.449 e. The van der Waals surface area contributed by atoms with Crippen molar-refractivity contribution in [3.8, 4) is 11.5 Å². The van der Waals surface area contributed by atoms with Crippen LogP contribution < -0.4 is 15.9 Å². The average molecular weight is 583 g/mol. The molecule has 2 aromatic heterocycles. The number of halogens is 6. The Morgan fingerprint density at radius 1 is 1.07 bits per heavy atom. The second-order valence-electron chi connectivity index (χ2n) is 8.27. The number of nitrogens with zero attached hydrogens (tertiary/aromatic N) is 3. The molecule has 0 spiro atoms. The van der Waals surface area contributed by atoms with Crippen molar-refractivity contribution in [3.05, 3.63) is 115 Å². The maximum atomic E-state index is 13.7. The number of aromatic amines is 1. The second-order valence-corrected chi connectivity index (χ2v) is 8.66. The average Bonchev–Trinajstić information content (AvgIpc) is 2.91. The number of ether oxygens (including phenoxy) is 1. The van der Waals surface area contributed by atoms with Crippen molar-refractivity contribution in [1.29, 1.82) is 0 Å². The van der Waals surface area contributed by atoms with Crippen molar-refractivity contribution < 1.29 is 36.6 Å². The number of hydrogen-bond acceptors (Lipinski definition) is 7. The van der Waals surface area contributed by atoms with Gasteiger partial charge in [-0.25, -0.2) is 18.9 Å². The van der Waals surface area contributed by atoms with Gasteiger partial charge < -0.3 is 9.84 Å². The van der Waals surface area contributed by atoms with E-state index in [-0.39, 0.29) is 16.3 Å². The number of carbonyl (C=O) groups is 1. The van der Waals surface area contributed by atoms with Gasteiger partial charge >= 0.3 is 6.18 Å². The van der Waals surface area contributed by atoms with E-state index in [0.29, 0.717) is 17.0 Å². The molecule has 0 aliphatic carbocycles. The van der Waals surface area contributed by atoms with Gasteiger partial charge in [0.05, 0.1) is 12.9 Å². The van der Waals surface area contributed by atoms with Gasteiger partial charge in [-0.1, -0.05) is 41.9 Å². The maximum Gasteiger partial charge on any atom is 0.437 e. The summed E-state index contributed by atoms with van der Waals surface area (Å²) in [6.07, 6.45) is -9.86. The highest BCUT2D eigenvalue weighted by Gasteiger charge is 2.39. The molecule has 4 rings (SSSR count). The number of hydrogen-bond donors (Lipinski definition) is 2. The minimum absolute atomic E-state index is 0.0422. The van der Waals surface area contributed by atoms with Gasteiger partial charge in [-0.05, 0) is 29.8 Å². The van der Waals surface area contributed by atoms with E-state index < -0.39 is 70.5 Å². The fraction of sp³-hybridized carbons (Fsp3) is 0.160. The van der Waals surface area contributed by atoms with E-state index in [2.05, 4.69) is 10.1 Å². The van der Waals surface area contributed by atoms with Crippen molar-refractivity contribution in [2.45, 2.75) is 25.3 Å². The molecule has 2 N–H and O–H groups in total. The van der Waals surface area contributed by atoms with Crippen LogP contribution in [0.1, 0.15) is 45.3 Å². The number of Topliss-reactive ketones (excluding diaryl/α,β-unsaturated/α-hetero) is 1. The molecular weight excluding hydrogens is 567 g/mol. The molecule has 0 aliphatic rings. The van der Waals surface area contributed by atoms with E-state index in [4.69, 9.17) is 16.3 Å². The largest absolute Gasteiger partial charge is 0.449 e.